The molecule has 186 valence electrons. The quantitative estimate of drug-likeness (QED) is 0.475. The summed E-state index contributed by atoms with van der Waals surface area (Å²) in [5, 5.41) is 10.0. The first-order chi connectivity index (χ1) is 16.8. The molecule has 0 spiro atoms. The summed E-state index contributed by atoms with van der Waals surface area (Å²) in [4.78, 5) is 37.6. The van der Waals surface area contributed by atoms with E-state index in [0.29, 0.717) is 42.2 Å². The first kappa shape index (κ1) is 23.4. The summed E-state index contributed by atoms with van der Waals surface area (Å²) >= 11 is 0. The van der Waals surface area contributed by atoms with Gasteiger partial charge in [0.15, 0.2) is 5.65 Å². The van der Waals surface area contributed by atoms with Crippen LogP contribution < -0.4 is 10.6 Å². The lowest BCUT2D eigenvalue weighted by molar-refractivity contribution is -0.122. The van der Waals surface area contributed by atoms with E-state index in [2.05, 4.69) is 30.7 Å². The molecule has 2 amide bonds. The first-order valence-corrected chi connectivity index (χ1v) is 12.2. The predicted molar refractivity (Wildman–Crippen MR) is 124 cm³/mol. The number of carbonyl (C=O) groups is 2. The zero-order chi connectivity index (χ0) is 24.6. The number of hydrogen-bond acceptors (Lipinski definition) is 5. The van der Waals surface area contributed by atoms with Crippen molar-refractivity contribution in [1.29, 1.82) is 0 Å². The summed E-state index contributed by atoms with van der Waals surface area (Å²) in [6, 6.07) is 4.79. The largest absolute Gasteiger partial charge is 0.356 e. The number of carbonyl (C=O) groups excluding carboxylic acids is 2. The average Bonchev–Trinajstić information content (AvgIpc) is 3.57. The van der Waals surface area contributed by atoms with Crippen molar-refractivity contribution < 1.29 is 18.4 Å². The lowest BCUT2D eigenvalue weighted by Crippen LogP contribution is -2.38. The maximum atomic E-state index is 13.9. The van der Waals surface area contributed by atoms with Crippen LogP contribution in [0.5, 0.6) is 0 Å². The SMILES string of the molecule is CCn1nccc1C(=O)NC(c1nc2nc(CC3CCNC3=O)ccc2[nH]1)C1CCC(F)(F)CC1. The van der Waals surface area contributed by atoms with Crippen LogP contribution in [0, 0.1) is 11.8 Å². The number of nitrogens with zero attached hydrogens (tertiary/aromatic N) is 4. The molecule has 3 aromatic rings. The van der Waals surface area contributed by atoms with Gasteiger partial charge in [0.1, 0.15) is 11.5 Å². The summed E-state index contributed by atoms with van der Waals surface area (Å²) in [5.41, 5.74) is 2.35. The number of aromatic amines is 1. The van der Waals surface area contributed by atoms with Crippen LogP contribution in [0.15, 0.2) is 24.4 Å². The smallest absolute Gasteiger partial charge is 0.270 e. The molecule has 2 aliphatic rings. The molecule has 2 unspecified atom stereocenters. The summed E-state index contributed by atoms with van der Waals surface area (Å²) in [6.07, 6.45) is 2.98. The zero-order valence-corrected chi connectivity index (χ0v) is 19.6. The Morgan fingerprint density at radius 2 is 2.03 bits per heavy atom. The fourth-order valence-corrected chi connectivity index (χ4v) is 5.10. The highest BCUT2D eigenvalue weighted by Crippen LogP contribution is 2.41. The number of amides is 2. The number of halogens is 2. The molecule has 1 aliphatic heterocycles. The topological polar surface area (TPSA) is 118 Å². The molecule has 1 aliphatic carbocycles. The normalized spacial score (nSPS) is 21.2. The molecule has 2 fully saturated rings. The van der Waals surface area contributed by atoms with Gasteiger partial charge in [0, 0.05) is 50.2 Å². The number of pyridine rings is 1. The zero-order valence-electron chi connectivity index (χ0n) is 19.6. The van der Waals surface area contributed by atoms with Crippen LogP contribution in [-0.2, 0) is 17.8 Å². The molecule has 4 heterocycles. The van der Waals surface area contributed by atoms with E-state index in [1.54, 1.807) is 16.9 Å². The van der Waals surface area contributed by atoms with E-state index in [0.717, 1.165) is 12.1 Å². The van der Waals surface area contributed by atoms with Crippen molar-refractivity contribution in [2.45, 2.75) is 64.0 Å². The third kappa shape index (κ3) is 4.89. The van der Waals surface area contributed by atoms with E-state index >= 15 is 0 Å². The molecule has 1 saturated carbocycles. The molecule has 0 bridgehead atoms. The maximum Gasteiger partial charge on any atom is 0.270 e. The molecule has 0 aromatic carbocycles. The standard InChI is InChI=1S/C24H29F2N7O2/c1-2-33-18(8-12-28-33)23(35)31-19(14-5-9-24(25,26)10-6-14)21-30-17-4-3-16(29-20(17)32-21)13-15-7-11-27-22(15)34/h3-4,8,12,14-15,19H,2,5-7,9-11,13H2,1H3,(H,27,34)(H,31,35)(H,29,30,32). The Kier molecular flexibility index (Phi) is 6.24. The van der Waals surface area contributed by atoms with Gasteiger partial charge in [0.2, 0.25) is 11.8 Å². The second kappa shape index (κ2) is 9.35. The Morgan fingerprint density at radius 3 is 2.74 bits per heavy atom. The Labute approximate surface area is 201 Å². The highest BCUT2D eigenvalue weighted by atomic mass is 19.3. The van der Waals surface area contributed by atoms with Crippen LogP contribution in [0.25, 0.3) is 11.2 Å². The summed E-state index contributed by atoms with van der Waals surface area (Å²) in [5.74, 6) is -2.76. The van der Waals surface area contributed by atoms with Crippen molar-refractivity contribution in [2.75, 3.05) is 6.54 Å². The molecule has 9 nitrogen and oxygen atoms in total. The number of alkyl halides is 2. The number of aromatic nitrogens is 5. The van der Waals surface area contributed by atoms with Crippen molar-refractivity contribution in [2.24, 2.45) is 11.8 Å². The molecular weight excluding hydrogens is 456 g/mol. The lowest BCUT2D eigenvalue weighted by Gasteiger charge is -2.33. The molecule has 11 heteroatoms. The fourth-order valence-electron chi connectivity index (χ4n) is 5.10. The molecule has 3 aromatic heterocycles. The lowest BCUT2D eigenvalue weighted by atomic mass is 9.81. The van der Waals surface area contributed by atoms with Gasteiger partial charge in [0.25, 0.3) is 5.91 Å². The van der Waals surface area contributed by atoms with E-state index in [1.165, 1.54) is 0 Å². The number of aryl methyl sites for hydroxylation is 1. The molecule has 2 atom stereocenters. The van der Waals surface area contributed by atoms with E-state index in [-0.39, 0.29) is 49.3 Å². The van der Waals surface area contributed by atoms with Crippen LogP contribution in [0.1, 0.15) is 67.1 Å². The molecule has 0 radical (unpaired) electrons. The number of nitrogens with one attached hydrogen (secondary N) is 3. The third-order valence-corrected chi connectivity index (χ3v) is 7.10. The van der Waals surface area contributed by atoms with Crippen molar-refractivity contribution >= 4 is 23.0 Å². The van der Waals surface area contributed by atoms with Crippen molar-refractivity contribution in [3.8, 4) is 0 Å². The average molecular weight is 486 g/mol. The second-order valence-electron chi connectivity index (χ2n) is 9.45. The third-order valence-electron chi connectivity index (χ3n) is 7.10. The molecule has 5 rings (SSSR count). The minimum absolute atomic E-state index is 0.0396. The maximum absolute atomic E-state index is 13.9. The van der Waals surface area contributed by atoms with Gasteiger partial charge in [-0.05, 0) is 50.3 Å². The van der Waals surface area contributed by atoms with Crippen LogP contribution in [0.4, 0.5) is 8.78 Å². The van der Waals surface area contributed by atoms with E-state index < -0.39 is 12.0 Å². The number of fused-ring (bicyclic) bond motifs is 1. The monoisotopic (exact) mass is 485 g/mol. The predicted octanol–water partition coefficient (Wildman–Crippen LogP) is 3.15. The van der Waals surface area contributed by atoms with Gasteiger partial charge in [-0.1, -0.05) is 0 Å². The Morgan fingerprint density at radius 1 is 1.23 bits per heavy atom. The van der Waals surface area contributed by atoms with Crippen molar-refractivity contribution in [1.82, 2.24) is 35.4 Å². The van der Waals surface area contributed by atoms with Crippen LogP contribution >= 0.6 is 0 Å². The first-order valence-electron chi connectivity index (χ1n) is 12.2. The highest BCUT2D eigenvalue weighted by Gasteiger charge is 2.39. The van der Waals surface area contributed by atoms with Gasteiger partial charge in [-0.15, -0.1) is 0 Å². The number of H-pyrrole nitrogens is 1. The van der Waals surface area contributed by atoms with Gasteiger partial charge in [-0.2, -0.15) is 5.10 Å². The summed E-state index contributed by atoms with van der Waals surface area (Å²) in [7, 11) is 0. The summed E-state index contributed by atoms with van der Waals surface area (Å²) in [6.45, 7) is 3.10. The van der Waals surface area contributed by atoms with Crippen LogP contribution in [-0.4, -0.2) is 49.0 Å². The van der Waals surface area contributed by atoms with Crippen molar-refractivity contribution in [3.63, 3.8) is 0 Å². The van der Waals surface area contributed by atoms with Crippen LogP contribution in [0.2, 0.25) is 0 Å². The van der Waals surface area contributed by atoms with Crippen molar-refractivity contribution in [3.05, 3.63) is 41.6 Å². The molecule has 35 heavy (non-hydrogen) atoms. The van der Waals surface area contributed by atoms with Gasteiger partial charge >= 0.3 is 0 Å². The van der Waals surface area contributed by atoms with Crippen LogP contribution in [0.3, 0.4) is 0 Å². The van der Waals surface area contributed by atoms with Gasteiger partial charge < -0.3 is 15.6 Å². The van der Waals surface area contributed by atoms with E-state index in [9.17, 15) is 18.4 Å². The number of imidazole rings is 1. The fraction of sp³-hybridized carbons (Fsp3) is 0.542. The summed E-state index contributed by atoms with van der Waals surface area (Å²) < 4.78 is 29.3. The highest BCUT2D eigenvalue weighted by molar-refractivity contribution is 5.92. The van der Waals surface area contributed by atoms with Gasteiger partial charge in [0.05, 0.1) is 11.6 Å². The minimum atomic E-state index is -2.68. The molecular formula is C24H29F2N7O2. The second-order valence-corrected chi connectivity index (χ2v) is 9.45. The molecule has 3 N–H and O–H groups in total. The van der Waals surface area contributed by atoms with Gasteiger partial charge in [-0.3, -0.25) is 14.3 Å². The number of hydrogen-bond donors (Lipinski definition) is 3. The minimum Gasteiger partial charge on any atom is -0.356 e. The van der Waals surface area contributed by atoms with Gasteiger partial charge in [-0.25, -0.2) is 18.7 Å². The Bertz CT molecular complexity index is 1230. The van der Waals surface area contributed by atoms with E-state index in [1.807, 2.05) is 19.1 Å². The number of rotatable bonds is 7. The Hall–Kier alpha value is -3.37. The Balaban J connectivity index is 1.42. The van der Waals surface area contributed by atoms with E-state index in [4.69, 9.17) is 0 Å². The molecule has 1 saturated heterocycles.